The number of unbranched alkanes of at least 4 members (excludes halogenated alkanes) is 12. The molecule has 5 nitrogen and oxygen atoms in total. The van der Waals surface area contributed by atoms with Gasteiger partial charge in [-0.15, -0.1) is 0 Å². The highest BCUT2D eigenvalue weighted by Crippen LogP contribution is 2.18. The van der Waals surface area contributed by atoms with Gasteiger partial charge in [0.05, 0.1) is 0 Å². The van der Waals surface area contributed by atoms with E-state index in [1.165, 1.54) is 38.5 Å². The van der Waals surface area contributed by atoms with Gasteiger partial charge in [0, 0.05) is 19.3 Å². The molecule has 0 unspecified atom stereocenters. The van der Waals surface area contributed by atoms with Gasteiger partial charge in [0.1, 0.15) is 18.7 Å². The van der Waals surface area contributed by atoms with Gasteiger partial charge < -0.3 is 19.2 Å². The molecule has 0 amide bonds. The van der Waals surface area contributed by atoms with E-state index < -0.39 is 0 Å². The zero-order valence-electron chi connectivity index (χ0n) is 19.7. The van der Waals surface area contributed by atoms with Crippen LogP contribution in [0.4, 0.5) is 0 Å². The molecule has 5 heteroatoms. The predicted molar refractivity (Wildman–Crippen MR) is 124 cm³/mol. The summed E-state index contributed by atoms with van der Waals surface area (Å²) in [6.45, 7) is 0.911. The quantitative estimate of drug-likeness (QED) is 0.116. The smallest absolute Gasteiger partial charge is 0.306 e. The maximum absolute atomic E-state index is 12.2. The van der Waals surface area contributed by atoms with E-state index in [1.807, 2.05) is 14.1 Å². The van der Waals surface area contributed by atoms with Crippen molar-refractivity contribution in [1.82, 2.24) is 4.90 Å². The standard InChI is InChI=1S/C25H47NO4/c1-26(2)21-17-20-25(29)30-24(18-13-9-5-3-7-11-15-22-27)19-14-10-6-4-8-12-16-23-28/h22-24H,3-21H2,1-2H3. The summed E-state index contributed by atoms with van der Waals surface area (Å²) >= 11 is 0. The maximum atomic E-state index is 12.2. The molecule has 0 radical (unpaired) electrons. The summed E-state index contributed by atoms with van der Waals surface area (Å²) in [5.41, 5.74) is 0. The Balaban J connectivity index is 4.04. The van der Waals surface area contributed by atoms with E-state index in [9.17, 15) is 14.4 Å². The second kappa shape index (κ2) is 22.5. The van der Waals surface area contributed by atoms with Gasteiger partial charge in [-0.2, -0.15) is 0 Å². The molecule has 0 fully saturated rings. The minimum atomic E-state index is -0.0513. The Morgan fingerprint density at radius 1 is 0.700 bits per heavy atom. The van der Waals surface area contributed by atoms with Crippen molar-refractivity contribution in [1.29, 1.82) is 0 Å². The van der Waals surface area contributed by atoms with E-state index in [2.05, 4.69) is 4.90 Å². The fourth-order valence-electron chi connectivity index (χ4n) is 3.66. The lowest BCUT2D eigenvalue weighted by atomic mass is 10.0. The van der Waals surface area contributed by atoms with Crippen molar-refractivity contribution in [3.63, 3.8) is 0 Å². The molecule has 0 atom stereocenters. The van der Waals surface area contributed by atoms with Gasteiger partial charge in [-0.25, -0.2) is 0 Å². The predicted octanol–water partition coefficient (Wildman–Crippen LogP) is 5.88. The lowest BCUT2D eigenvalue weighted by molar-refractivity contribution is -0.150. The van der Waals surface area contributed by atoms with Crippen molar-refractivity contribution in [2.75, 3.05) is 20.6 Å². The fraction of sp³-hybridized carbons (Fsp3) is 0.880. The highest BCUT2D eigenvalue weighted by molar-refractivity contribution is 5.69. The van der Waals surface area contributed by atoms with Gasteiger partial charge in [0.25, 0.3) is 0 Å². The third-order valence-electron chi connectivity index (χ3n) is 5.48. The van der Waals surface area contributed by atoms with Crippen LogP contribution < -0.4 is 0 Å². The van der Waals surface area contributed by atoms with E-state index in [0.717, 1.165) is 76.9 Å². The third kappa shape index (κ3) is 21.5. The number of ether oxygens (including phenoxy) is 1. The molecular weight excluding hydrogens is 378 g/mol. The van der Waals surface area contributed by atoms with Crippen molar-refractivity contribution in [2.45, 2.75) is 122 Å². The Hall–Kier alpha value is -1.23. The molecule has 30 heavy (non-hydrogen) atoms. The lowest BCUT2D eigenvalue weighted by Gasteiger charge is -2.18. The van der Waals surface area contributed by atoms with Crippen LogP contribution in [0, 0.1) is 0 Å². The Kier molecular flexibility index (Phi) is 21.5. The number of nitrogens with zero attached hydrogens (tertiary/aromatic N) is 1. The second-order valence-electron chi connectivity index (χ2n) is 8.75. The number of rotatable bonds is 23. The topological polar surface area (TPSA) is 63.7 Å². The van der Waals surface area contributed by atoms with Crippen molar-refractivity contribution < 1.29 is 19.1 Å². The summed E-state index contributed by atoms with van der Waals surface area (Å²) in [5.74, 6) is -0.0513. The molecule has 0 aliphatic rings. The maximum Gasteiger partial charge on any atom is 0.306 e. The van der Waals surface area contributed by atoms with E-state index in [-0.39, 0.29) is 12.1 Å². The number of esters is 1. The lowest BCUT2D eigenvalue weighted by Crippen LogP contribution is -2.20. The first-order valence-corrected chi connectivity index (χ1v) is 12.3. The SMILES string of the molecule is CN(C)CCCC(=O)OC(CCCCCCCCC=O)CCCCCCCCC=O. The number of hydrogen-bond donors (Lipinski definition) is 0. The van der Waals surface area contributed by atoms with Crippen LogP contribution in [-0.2, 0) is 19.1 Å². The van der Waals surface area contributed by atoms with Crippen molar-refractivity contribution in [2.24, 2.45) is 0 Å². The van der Waals surface area contributed by atoms with Crippen LogP contribution in [0.3, 0.4) is 0 Å². The summed E-state index contributed by atoms with van der Waals surface area (Å²) in [6.07, 6.45) is 20.3. The normalized spacial score (nSPS) is 11.2. The number of carbonyl (C=O) groups is 3. The molecule has 0 N–H and O–H groups in total. The van der Waals surface area contributed by atoms with Crippen LogP contribution in [0.5, 0.6) is 0 Å². The molecule has 0 aliphatic carbocycles. The third-order valence-corrected chi connectivity index (χ3v) is 5.48. The van der Waals surface area contributed by atoms with Crippen LogP contribution in [0.1, 0.15) is 116 Å². The number of hydrogen-bond acceptors (Lipinski definition) is 5. The molecule has 176 valence electrons. The summed E-state index contributed by atoms with van der Waals surface area (Å²) in [6, 6.07) is 0. The van der Waals surface area contributed by atoms with Gasteiger partial charge in [0.2, 0.25) is 0 Å². The monoisotopic (exact) mass is 425 g/mol. The van der Waals surface area contributed by atoms with E-state index >= 15 is 0 Å². The summed E-state index contributed by atoms with van der Waals surface area (Å²) in [5, 5.41) is 0. The second-order valence-corrected chi connectivity index (χ2v) is 8.75. The summed E-state index contributed by atoms with van der Waals surface area (Å²) in [7, 11) is 4.04. The first kappa shape index (κ1) is 28.8. The Morgan fingerprint density at radius 3 is 1.57 bits per heavy atom. The van der Waals surface area contributed by atoms with Gasteiger partial charge in [0.15, 0.2) is 0 Å². The average molecular weight is 426 g/mol. The van der Waals surface area contributed by atoms with Gasteiger partial charge in [-0.3, -0.25) is 4.79 Å². The zero-order chi connectivity index (χ0) is 22.3. The van der Waals surface area contributed by atoms with Gasteiger partial charge in [-0.1, -0.05) is 51.4 Å². The van der Waals surface area contributed by atoms with Crippen LogP contribution in [0.15, 0.2) is 0 Å². The first-order chi connectivity index (χ1) is 14.6. The molecule has 0 aromatic heterocycles. The molecule has 0 spiro atoms. The molecule has 0 aromatic carbocycles. The van der Waals surface area contributed by atoms with Gasteiger partial charge >= 0.3 is 5.97 Å². The van der Waals surface area contributed by atoms with E-state index in [0.29, 0.717) is 19.3 Å². The highest BCUT2D eigenvalue weighted by atomic mass is 16.5. The van der Waals surface area contributed by atoms with Crippen molar-refractivity contribution in [3.8, 4) is 0 Å². The molecule has 0 aliphatic heterocycles. The zero-order valence-corrected chi connectivity index (χ0v) is 19.7. The molecule has 0 heterocycles. The van der Waals surface area contributed by atoms with Crippen molar-refractivity contribution in [3.05, 3.63) is 0 Å². The minimum absolute atomic E-state index is 0.0513. The highest BCUT2D eigenvalue weighted by Gasteiger charge is 2.14. The molecular formula is C25H47NO4. The molecule has 0 aromatic rings. The summed E-state index contributed by atoms with van der Waals surface area (Å²) in [4.78, 5) is 35.0. The van der Waals surface area contributed by atoms with Crippen molar-refractivity contribution >= 4 is 18.5 Å². The van der Waals surface area contributed by atoms with Crippen LogP contribution in [-0.4, -0.2) is 50.2 Å². The fourth-order valence-corrected chi connectivity index (χ4v) is 3.66. The largest absolute Gasteiger partial charge is 0.462 e. The Morgan fingerprint density at radius 2 is 1.13 bits per heavy atom. The number of aldehydes is 2. The minimum Gasteiger partial charge on any atom is -0.462 e. The molecule has 0 saturated heterocycles. The molecule has 0 bridgehead atoms. The average Bonchev–Trinajstić information content (AvgIpc) is 2.71. The van der Waals surface area contributed by atoms with Crippen LogP contribution in [0.25, 0.3) is 0 Å². The molecule has 0 rings (SSSR count). The van der Waals surface area contributed by atoms with E-state index in [4.69, 9.17) is 4.74 Å². The molecule has 0 saturated carbocycles. The Labute approximate surface area is 185 Å². The van der Waals surface area contributed by atoms with Crippen LogP contribution >= 0.6 is 0 Å². The van der Waals surface area contributed by atoms with E-state index in [1.54, 1.807) is 0 Å². The Bertz CT molecular complexity index is 388. The first-order valence-electron chi connectivity index (χ1n) is 12.3. The van der Waals surface area contributed by atoms with Gasteiger partial charge in [-0.05, 0) is 65.6 Å². The number of carbonyl (C=O) groups excluding carboxylic acids is 3. The summed E-state index contributed by atoms with van der Waals surface area (Å²) < 4.78 is 5.82. The van der Waals surface area contributed by atoms with Crippen LogP contribution in [0.2, 0.25) is 0 Å².